The summed E-state index contributed by atoms with van der Waals surface area (Å²) in [6.45, 7) is 9.76. The second-order valence-corrected chi connectivity index (χ2v) is 6.28. The van der Waals surface area contributed by atoms with E-state index in [9.17, 15) is 4.79 Å². The van der Waals surface area contributed by atoms with E-state index in [4.69, 9.17) is 11.6 Å². The molecule has 1 aromatic carbocycles. The van der Waals surface area contributed by atoms with Crippen LogP contribution in [-0.2, 0) is 4.79 Å². The summed E-state index contributed by atoms with van der Waals surface area (Å²) in [4.78, 5) is 12.0. The zero-order chi connectivity index (χ0) is 14.6. The fourth-order valence-electron chi connectivity index (χ4n) is 1.84. The number of nitrogens with one attached hydrogen (secondary N) is 2. The lowest BCUT2D eigenvalue weighted by molar-refractivity contribution is -0.124. The van der Waals surface area contributed by atoms with Crippen LogP contribution in [0.5, 0.6) is 0 Å². The maximum Gasteiger partial charge on any atom is 0.237 e. The van der Waals surface area contributed by atoms with Gasteiger partial charge in [-0.05, 0) is 46.2 Å². The Kier molecular flexibility index (Phi) is 5.39. The van der Waals surface area contributed by atoms with Crippen LogP contribution < -0.4 is 10.6 Å². The standard InChI is InChI=1S/C15H23ClN2O/c1-10(12-8-6-7-9-13(12)16)17-11(2)14(19)18-15(3,4)5/h6-11,17H,1-5H3,(H,18,19)/t10-,11?/m0/s1. The number of halogens is 1. The van der Waals surface area contributed by atoms with Crippen molar-refractivity contribution in [2.24, 2.45) is 0 Å². The highest BCUT2D eigenvalue weighted by Gasteiger charge is 2.21. The van der Waals surface area contributed by atoms with Gasteiger partial charge in [0.15, 0.2) is 0 Å². The third-order valence-corrected chi connectivity index (χ3v) is 3.11. The molecule has 0 spiro atoms. The van der Waals surface area contributed by atoms with Crippen LogP contribution in [0.2, 0.25) is 5.02 Å². The average Bonchev–Trinajstić information content (AvgIpc) is 2.27. The fourth-order valence-corrected chi connectivity index (χ4v) is 2.14. The predicted molar refractivity (Wildman–Crippen MR) is 80.4 cm³/mol. The molecule has 0 aliphatic carbocycles. The van der Waals surface area contributed by atoms with Gasteiger partial charge in [0.25, 0.3) is 0 Å². The zero-order valence-corrected chi connectivity index (χ0v) is 13.0. The van der Waals surface area contributed by atoms with Crippen molar-refractivity contribution < 1.29 is 4.79 Å². The van der Waals surface area contributed by atoms with Gasteiger partial charge in [0.1, 0.15) is 0 Å². The van der Waals surface area contributed by atoms with E-state index in [1.165, 1.54) is 0 Å². The molecule has 0 aromatic heterocycles. The molecule has 0 aliphatic heterocycles. The highest BCUT2D eigenvalue weighted by molar-refractivity contribution is 6.31. The quantitative estimate of drug-likeness (QED) is 0.890. The van der Waals surface area contributed by atoms with Crippen LogP contribution >= 0.6 is 11.6 Å². The molecule has 0 bridgehead atoms. The second kappa shape index (κ2) is 6.40. The normalized spacial score (nSPS) is 14.8. The van der Waals surface area contributed by atoms with Gasteiger partial charge >= 0.3 is 0 Å². The second-order valence-electron chi connectivity index (χ2n) is 5.87. The Morgan fingerprint density at radius 3 is 2.32 bits per heavy atom. The van der Waals surface area contributed by atoms with Gasteiger partial charge in [0, 0.05) is 16.6 Å². The third-order valence-electron chi connectivity index (χ3n) is 2.76. The summed E-state index contributed by atoms with van der Waals surface area (Å²) in [5.41, 5.74) is 0.778. The fraction of sp³-hybridized carbons (Fsp3) is 0.533. The van der Waals surface area contributed by atoms with Crippen LogP contribution in [0.4, 0.5) is 0 Å². The molecule has 0 heterocycles. The molecule has 0 saturated heterocycles. The van der Waals surface area contributed by atoms with Crippen LogP contribution in [0, 0.1) is 0 Å². The lowest BCUT2D eigenvalue weighted by Crippen LogP contribution is -2.50. The highest BCUT2D eigenvalue weighted by atomic mass is 35.5. The molecule has 1 rings (SSSR count). The van der Waals surface area contributed by atoms with E-state index in [-0.39, 0.29) is 23.5 Å². The van der Waals surface area contributed by atoms with Crippen molar-refractivity contribution in [1.82, 2.24) is 10.6 Å². The minimum Gasteiger partial charge on any atom is -0.350 e. The zero-order valence-electron chi connectivity index (χ0n) is 12.3. The van der Waals surface area contributed by atoms with Gasteiger partial charge in [-0.1, -0.05) is 29.8 Å². The van der Waals surface area contributed by atoms with Gasteiger partial charge in [-0.15, -0.1) is 0 Å². The summed E-state index contributed by atoms with van der Waals surface area (Å²) >= 11 is 6.15. The molecular weight excluding hydrogens is 260 g/mol. The monoisotopic (exact) mass is 282 g/mol. The van der Waals surface area contributed by atoms with Crippen LogP contribution in [-0.4, -0.2) is 17.5 Å². The van der Waals surface area contributed by atoms with Crippen molar-refractivity contribution in [2.45, 2.75) is 52.2 Å². The van der Waals surface area contributed by atoms with Crippen molar-refractivity contribution in [2.75, 3.05) is 0 Å². The van der Waals surface area contributed by atoms with E-state index < -0.39 is 0 Å². The van der Waals surface area contributed by atoms with E-state index in [0.29, 0.717) is 5.02 Å². The molecule has 1 unspecified atom stereocenters. The predicted octanol–water partition coefficient (Wildman–Crippen LogP) is 3.29. The van der Waals surface area contributed by atoms with Gasteiger partial charge < -0.3 is 5.32 Å². The van der Waals surface area contributed by atoms with Crippen molar-refractivity contribution in [3.05, 3.63) is 34.9 Å². The van der Waals surface area contributed by atoms with Gasteiger partial charge in [-0.2, -0.15) is 0 Å². The summed E-state index contributed by atoms with van der Waals surface area (Å²) in [6, 6.07) is 7.41. The molecule has 0 aliphatic rings. The summed E-state index contributed by atoms with van der Waals surface area (Å²) in [5.74, 6) is -0.00796. The van der Waals surface area contributed by atoms with Crippen LogP contribution in [0.25, 0.3) is 0 Å². The summed E-state index contributed by atoms with van der Waals surface area (Å²) < 4.78 is 0. The largest absolute Gasteiger partial charge is 0.350 e. The Bertz CT molecular complexity index is 440. The summed E-state index contributed by atoms with van der Waals surface area (Å²) in [6.07, 6.45) is 0. The molecule has 1 amide bonds. The number of amides is 1. The van der Waals surface area contributed by atoms with Crippen molar-refractivity contribution >= 4 is 17.5 Å². The molecule has 2 atom stereocenters. The molecule has 19 heavy (non-hydrogen) atoms. The van der Waals surface area contributed by atoms with Crippen molar-refractivity contribution in [1.29, 1.82) is 0 Å². The maximum atomic E-state index is 12.0. The van der Waals surface area contributed by atoms with E-state index in [2.05, 4.69) is 10.6 Å². The lowest BCUT2D eigenvalue weighted by Gasteiger charge is -2.26. The van der Waals surface area contributed by atoms with Crippen molar-refractivity contribution in [3.8, 4) is 0 Å². The summed E-state index contributed by atoms with van der Waals surface area (Å²) in [5, 5.41) is 6.93. The van der Waals surface area contributed by atoms with E-state index in [1.54, 1.807) is 0 Å². The minimum atomic E-state index is -0.273. The van der Waals surface area contributed by atoms with Gasteiger partial charge in [-0.3, -0.25) is 10.1 Å². The van der Waals surface area contributed by atoms with E-state index in [1.807, 2.05) is 58.9 Å². The first-order chi connectivity index (χ1) is 8.70. The SMILES string of the molecule is CC(N[C@@H](C)c1ccccc1Cl)C(=O)NC(C)(C)C. The van der Waals surface area contributed by atoms with Crippen molar-refractivity contribution in [3.63, 3.8) is 0 Å². The Hall–Kier alpha value is -1.06. The average molecular weight is 283 g/mol. The summed E-state index contributed by atoms with van der Waals surface area (Å²) in [7, 11) is 0. The maximum absolute atomic E-state index is 12.0. The van der Waals surface area contributed by atoms with Crippen LogP contribution in [0.15, 0.2) is 24.3 Å². The van der Waals surface area contributed by atoms with E-state index >= 15 is 0 Å². The number of rotatable bonds is 4. The molecule has 106 valence electrons. The molecule has 0 radical (unpaired) electrons. The minimum absolute atomic E-state index is 0.00796. The highest BCUT2D eigenvalue weighted by Crippen LogP contribution is 2.22. The topological polar surface area (TPSA) is 41.1 Å². The molecular formula is C15H23ClN2O. The first kappa shape index (κ1) is 16.0. The Balaban J connectivity index is 2.64. The molecule has 2 N–H and O–H groups in total. The smallest absolute Gasteiger partial charge is 0.237 e. The van der Waals surface area contributed by atoms with E-state index in [0.717, 1.165) is 5.56 Å². The molecule has 0 fully saturated rings. The van der Waals surface area contributed by atoms with Crippen LogP contribution in [0.3, 0.4) is 0 Å². The van der Waals surface area contributed by atoms with Gasteiger partial charge in [0.05, 0.1) is 6.04 Å². The molecule has 4 heteroatoms. The third kappa shape index (κ3) is 5.21. The number of hydrogen-bond acceptors (Lipinski definition) is 2. The molecule has 3 nitrogen and oxygen atoms in total. The number of carbonyl (C=O) groups is 1. The first-order valence-electron chi connectivity index (χ1n) is 6.53. The Morgan fingerprint density at radius 2 is 1.79 bits per heavy atom. The van der Waals surface area contributed by atoms with Crippen LogP contribution in [0.1, 0.15) is 46.2 Å². The molecule has 0 saturated carbocycles. The number of benzene rings is 1. The first-order valence-corrected chi connectivity index (χ1v) is 6.91. The lowest BCUT2D eigenvalue weighted by atomic mass is 10.1. The Morgan fingerprint density at radius 1 is 1.21 bits per heavy atom. The van der Waals surface area contributed by atoms with Gasteiger partial charge in [0.2, 0.25) is 5.91 Å². The number of carbonyl (C=O) groups excluding carboxylic acids is 1. The number of hydrogen-bond donors (Lipinski definition) is 2. The molecule has 1 aromatic rings. The Labute approximate surface area is 120 Å². The van der Waals surface area contributed by atoms with Gasteiger partial charge in [-0.25, -0.2) is 0 Å².